The first-order chi connectivity index (χ1) is 29.2. The zero-order chi connectivity index (χ0) is 42.8. The molecule has 2 heterocycles. The third-order valence-corrected chi connectivity index (χ3v) is 14.2. The lowest BCUT2D eigenvalue weighted by molar-refractivity contribution is 0.669. The Morgan fingerprint density at radius 2 is 0.820 bits per heavy atom. The van der Waals surface area contributed by atoms with Crippen LogP contribution in [0.4, 0.5) is 0 Å². The van der Waals surface area contributed by atoms with E-state index >= 15 is 0 Å². The minimum atomic E-state index is 0.637. The monoisotopic (exact) mass is 769 g/mol. The summed E-state index contributed by atoms with van der Waals surface area (Å²) in [4.78, 5) is 15.5. The lowest BCUT2D eigenvalue weighted by atomic mass is 9.60. The number of furan rings is 1. The van der Waals surface area contributed by atoms with E-state index < -0.39 is 0 Å². The van der Waals surface area contributed by atoms with Crippen LogP contribution >= 0.6 is 0 Å². The first-order valence-electron chi connectivity index (χ1n) is 21.4. The normalized spacial score (nSPS) is 11.7. The number of benzene rings is 8. The molecule has 0 aliphatic heterocycles. The molecule has 0 spiro atoms. The average Bonchev–Trinajstić information content (AvgIpc) is 3.62. The largest absolute Gasteiger partial charge is 0.456 e. The molecule has 0 aliphatic carbocycles. The van der Waals surface area contributed by atoms with Crippen molar-refractivity contribution in [2.24, 2.45) is 0 Å². The van der Waals surface area contributed by atoms with Gasteiger partial charge < -0.3 is 4.42 Å². The summed E-state index contributed by atoms with van der Waals surface area (Å²) in [5, 5.41) is 10.2. The molecule has 0 aliphatic rings. The topological polar surface area (TPSA) is 51.8 Å². The maximum Gasteiger partial charge on any atom is 0.164 e. The molecule has 0 saturated heterocycles. The molecule has 0 saturated carbocycles. The summed E-state index contributed by atoms with van der Waals surface area (Å²) < 4.78 is 6.53. The summed E-state index contributed by atoms with van der Waals surface area (Å²) in [5.74, 6) is 1.98. The van der Waals surface area contributed by atoms with Crippen LogP contribution in [-0.4, -0.2) is 109 Å². The van der Waals surface area contributed by atoms with Crippen molar-refractivity contribution in [2.45, 2.75) is 0 Å². The Hall–Kier alpha value is -5.87. The second-order valence-corrected chi connectivity index (χ2v) is 17.7. The second-order valence-electron chi connectivity index (χ2n) is 17.7. The van der Waals surface area contributed by atoms with Gasteiger partial charge in [0.05, 0.1) is 0 Å². The third-order valence-electron chi connectivity index (χ3n) is 14.2. The Morgan fingerprint density at radius 3 is 1.46 bits per heavy atom. The molecule has 0 amide bonds. The predicted molar refractivity (Wildman–Crippen MR) is 300 cm³/mol. The van der Waals surface area contributed by atoms with Gasteiger partial charge in [-0.1, -0.05) is 110 Å². The maximum absolute atomic E-state index is 6.53. The van der Waals surface area contributed by atoms with E-state index in [0.29, 0.717) is 17.5 Å². The fourth-order valence-corrected chi connectivity index (χ4v) is 10.2. The number of fused-ring (bicyclic) bond motifs is 9. The summed E-state index contributed by atoms with van der Waals surface area (Å²) in [6.45, 7) is 0. The first kappa shape index (κ1) is 39.3. The first-order valence-corrected chi connectivity index (χ1v) is 21.4. The van der Waals surface area contributed by atoms with Gasteiger partial charge in [-0.05, 0) is 73.8 Å². The van der Waals surface area contributed by atoms with Crippen molar-refractivity contribution in [1.29, 1.82) is 0 Å². The van der Waals surface area contributed by atoms with E-state index in [1.807, 2.05) is 18.2 Å². The smallest absolute Gasteiger partial charge is 0.164 e. The molecule has 0 atom stereocenters. The molecule has 16 heteroatoms. The number of nitrogens with zero attached hydrogens (tertiary/aromatic N) is 3. The lowest BCUT2D eigenvalue weighted by Crippen LogP contribution is -2.55. The number of hydrogen-bond acceptors (Lipinski definition) is 4. The van der Waals surface area contributed by atoms with E-state index in [4.69, 9.17) is 19.4 Å². The fourth-order valence-electron chi connectivity index (χ4n) is 10.2. The number of aromatic nitrogens is 3. The van der Waals surface area contributed by atoms with Gasteiger partial charge in [-0.3, -0.25) is 0 Å². The second kappa shape index (κ2) is 14.4. The Labute approximate surface area is 367 Å². The zero-order valence-corrected chi connectivity index (χ0v) is 37.4. The van der Waals surface area contributed by atoms with Crippen molar-refractivity contribution >= 4 is 214 Å². The van der Waals surface area contributed by atoms with Crippen molar-refractivity contribution in [3.05, 3.63) is 91.0 Å². The summed E-state index contributed by atoms with van der Waals surface area (Å²) in [5.41, 5.74) is 22.6. The van der Waals surface area contributed by atoms with E-state index in [1.165, 1.54) is 109 Å². The van der Waals surface area contributed by atoms with Crippen molar-refractivity contribution in [1.82, 2.24) is 15.0 Å². The van der Waals surface area contributed by atoms with Gasteiger partial charge >= 0.3 is 0 Å². The van der Waals surface area contributed by atoms with Gasteiger partial charge in [0.2, 0.25) is 0 Å². The maximum atomic E-state index is 6.53. The van der Waals surface area contributed by atoms with Gasteiger partial charge in [-0.15, -0.1) is 16.4 Å². The highest BCUT2D eigenvalue weighted by atomic mass is 16.3. The van der Waals surface area contributed by atoms with Crippen LogP contribution in [0, 0.1) is 0 Å². The standard InChI is InChI=1S/C45H39B12N3O/c46-24-12-19-22(13-25(24)47)32-34(27(49)15-28(50)36(32)51)33-23(19)14-26(48)31(37(33)52)17-6-8-29-20(10-17)21-11-18(7-9-30(21)61-29)44-58-43(16-4-2-1-3-5-16)59-45(60-44)35-38(53)40(55)42(57)41(56)39(35)54/h1-15H,46-57H2. The highest BCUT2D eigenvalue weighted by Gasteiger charge is 2.22. The Balaban J connectivity index is 1.19. The summed E-state index contributed by atoms with van der Waals surface area (Å²) >= 11 is 0. The number of hydrogen-bond donors (Lipinski definition) is 0. The fraction of sp³-hybridized carbons (Fsp3) is 0. The van der Waals surface area contributed by atoms with Crippen LogP contribution in [0.15, 0.2) is 95.4 Å². The molecular formula is C45H39B12N3O. The minimum absolute atomic E-state index is 0.637. The molecule has 10 rings (SSSR count). The molecule has 276 valence electrons. The molecule has 4 nitrogen and oxygen atoms in total. The van der Waals surface area contributed by atoms with Crippen LogP contribution in [0.25, 0.3) is 99.5 Å². The summed E-state index contributed by atoms with van der Waals surface area (Å²) in [6.07, 6.45) is 0. The van der Waals surface area contributed by atoms with Gasteiger partial charge in [-0.25, -0.2) is 15.0 Å². The van der Waals surface area contributed by atoms with Gasteiger partial charge in [0.1, 0.15) is 105 Å². The molecular weight excluding hydrogens is 728 g/mol. The molecule has 0 N–H and O–H groups in total. The van der Waals surface area contributed by atoms with E-state index in [1.54, 1.807) is 0 Å². The average molecular weight is 768 g/mol. The van der Waals surface area contributed by atoms with Crippen molar-refractivity contribution in [2.75, 3.05) is 0 Å². The molecule has 0 unspecified atom stereocenters. The van der Waals surface area contributed by atoms with Crippen LogP contribution < -0.4 is 65.6 Å². The SMILES string of the molecule is Bc1cc2c(cc1B)c1c(B)c(B)cc(B)c1c1c(B)c(-c3ccc4oc5ccc(-c6nc(-c7ccccc7)nc(-c7c(B)c(B)c(B)c(B)c7B)n6)cc5c4c3)c(B)cc21. The van der Waals surface area contributed by atoms with Crippen molar-refractivity contribution in [3.63, 3.8) is 0 Å². The van der Waals surface area contributed by atoms with Crippen LogP contribution in [0.3, 0.4) is 0 Å². The zero-order valence-electron chi connectivity index (χ0n) is 37.4. The third kappa shape index (κ3) is 6.03. The van der Waals surface area contributed by atoms with Gasteiger partial charge in [0.15, 0.2) is 17.5 Å². The van der Waals surface area contributed by atoms with E-state index in [2.05, 4.69) is 167 Å². The Kier molecular flexibility index (Phi) is 9.25. The lowest BCUT2D eigenvalue weighted by Gasteiger charge is -2.22. The molecule has 0 bridgehead atoms. The quantitative estimate of drug-likeness (QED) is 0.132. The number of rotatable bonds is 4. The Morgan fingerprint density at radius 1 is 0.311 bits per heavy atom. The molecule has 0 radical (unpaired) electrons. The van der Waals surface area contributed by atoms with Gasteiger partial charge in [0.25, 0.3) is 0 Å². The molecule has 10 aromatic rings. The van der Waals surface area contributed by atoms with Crippen LogP contribution in [-0.2, 0) is 0 Å². The van der Waals surface area contributed by atoms with Gasteiger partial charge in [-0.2, -0.15) is 0 Å². The predicted octanol–water partition coefficient (Wildman–Crippen LogP) is -9.00. The molecule has 61 heavy (non-hydrogen) atoms. The molecule has 8 aromatic carbocycles. The summed E-state index contributed by atoms with van der Waals surface area (Å²) in [7, 11) is 26.9. The van der Waals surface area contributed by atoms with E-state index in [9.17, 15) is 0 Å². The van der Waals surface area contributed by atoms with Crippen LogP contribution in [0.2, 0.25) is 0 Å². The van der Waals surface area contributed by atoms with Crippen LogP contribution in [0.1, 0.15) is 0 Å². The molecule has 2 aromatic heterocycles. The molecule has 0 fully saturated rings. The highest BCUT2D eigenvalue weighted by molar-refractivity contribution is 6.69. The highest BCUT2D eigenvalue weighted by Crippen LogP contribution is 2.37. The van der Waals surface area contributed by atoms with Crippen molar-refractivity contribution < 1.29 is 4.42 Å². The van der Waals surface area contributed by atoms with Gasteiger partial charge in [0, 0.05) is 27.5 Å². The van der Waals surface area contributed by atoms with E-state index in [-0.39, 0.29) is 0 Å². The Bertz CT molecular complexity index is 3550. The van der Waals surface area contributed by atoms with Crippen LogP contribution in [0.5, 0.6) is 0 Å². The minimum Gasteiger partial charge on any atom is -0.456 e. The van der Waals surface area contributed by atoms with E-state index in [0.717, 1.165) is 38.6 Å². The van der Waals surface area contributed by atoms with Crippen molar-refractivity contribution in [3.8, 4) is 45.3 Å². The summed E-state index contributed by atoms with van der Waals surface area (Å²) in [6, 6.07) is 32.9.